The van der Waals surface area contributed by atoms with Crippen LogP contribution in [0.15, 0.2) is 18.2 Å². The standard InChI is InChI=1S/C31H49NO11/c1-11-30(6,7)42-28(35)40-24-14-13-22(18-25(24)41-29(36)43-31(8,9)12-2)17-23(26(33)37-10)32-19-21(5)39-27(34)38-16-15-20(3)4/h13-14,18,20-21,23,32H,11-12,15-17,19H2,1-10H3/t21?,23-/m0/s1. The average Bonchev–Trinajstić information content (AvgIpc) is 2.91. The van der Waals surface area contributed by atoms with E-state index in [4.69, 9.17) is 33.2 Å². The smallest absolute Gasteiger partial charge is 0.468 e. The molecule has 1 aromatic carbocycles. The van der Waals surface area contributed by atoms with Crippen LogP contribution >= 0.6 is 0 Å². The Morgan fingerprint density at radius 2 is 1.40 bits per heavy atom. The van der Waals surface area contributed by atoms with E-state index in [1.165, 1.54) is 19.2 Å². The second-order valence-electron chi connectivity index (χ2n) is 11.8. The van der Waals surface area contributed by atoms with Gasteiger partial charge in [-0.2, -0.15) is 0 Å². The third-order valence-electron chi connectivity index (χ3n) is 6.61. The number of ether oxygens (including phenoxy) is 7. The largest absolute Gasteiger partial charge is 0.514 e. The van der Waals surface area contributed by atoms with E-state index in [-0.39, 0.29) is 31.1 Å². The number of hydrogen-bond acceptors (Lipinski definition) is 12. The Hall–Kier alpha value is -3.54. The Morgan fingerprint density at radius 1 is 0.837 bits per heavy atom. The fourth-order valence-corrected chi connectivity index (χ4v) is 3.20. The summed E-state index contributed by atoms with van der Waals surface area (Å²) >= 11 is 0. The second kappa shape index (κ2) is 17.5. The van der Waals surface area contributed by atoms with Crippen molar-refractivity contribution in [3.63, 3.8) is 0 Å². The summed E-state index contributed by atoms with van der Waals surface area (Å²) in [5.74, 6) is -0.364. The van der Waals surface area contributed by atoms with Crippen molar-refractivity contribution >= 4 is 24.4 Å². The lowest BCUT2D eigenvalue weighted by Gasteiger charge is -2.24. The van der Waals surface area contributed by atoms with Crippen LogP contribution in [0, 0.1) is 5.92 Å². The van der Waals surface area contributed by atoms with E-state index in [1.54, 1.807) is 40.7 Å². The molecule has 1 rings (SSSR count). The maximum absolute atomic E-state index is 12.6. The van der Waals surface area contributed by atoms with Crippen LogP contribution in [0.5, 0.6) is 11.5 Å². The van der Waals surface area contributed by atoms with Crippen molar-refractivity contribution in [3.8, 4) is 11.5 Å². The van der Waals surface area contributed by atoms with E-state index in [0.717, 1.165) is 0 Å². The molecule has 1 aromatic rings. The first-order valence-corrected chi connectivity index (χ1v) is 14.6. The molecule has 0 saturated heterocycles. The molecule has 1 unspecified atom stereocenters. The van der Waals surface area contributed by atoms with Crippen LogP contribution in [0.25, 0.3) is 0 Å². The van der Waals surface area contributed by atoms with Crippen LogP contribution in [0.4, 0.5) is 14.4 Å². The van der Waals surface area contributed by atoms with Gasteiger partial charge in [0.15, 0.2) is 11.5 Å². The van der Waals surface area contributed by atoms with Gasteiger partial charge in [0.05, 0.1) is 13.7 Å². The molecular weight excluding hydrogens is 562 g/mol. The fourth-order valence-electron chi connectivity index (χ4n) is 3.20. The monoisotopic (exact) mass is 611 g/mol. The summed E-state index contributed by atoms with van der Waals surface area (Å²) in [6, 6.07) is 3.63. The molecule has 0 radical (unpaired) electrons. The maximum Gasteiger partial charge on any atom is 0.514 e. The molecule has 244 valence electrons. The van der Waals surface area contributed by atoms with E-state index >= 15 is 0 Å². The van der Waals surface area contributed by atoms with Crippen molar-refractivity contribution in [2.45, 2.75) is 111 Å². The predicted octanol–water partition coefficient (Wildman–Crippen LogP) is 6.36. The van der Waals surface area contributed by atoms with Gasteiger partial charge in [-0.05, 0) is 83.9 Å². The zero-order chi connectivity index (χ0) is 32.8. The summed E-state index contributed by atoms with van der Waals surface area (Å²) in [4.78, 5) is 49.6. The van der Waals surface area contributed by atoms with Gasteiger partial charge in [-0.25, -0.2) is 14.4 Å². The number of benzene rings is 1. The molecule has 0 aliphatic heterocycles. The summed E-state index contributed by atoms with van der Waals surface area (Å²) in [5.41, 5.74) is -1.02. The van der Waals surface area contributed by atoms with Crippen LogP contribution in [-0.2, 0) is 34.9 Å². The lowest BCUT2D eigenvalue weighted by Crippen LogP contribution is -2.43. The summed E-state index contributed by atoms with van der Waals surface area (Å²) in [7, 11) is 1.25. The molecule has 0 saturated carbocycles. The number of hydrogen-bond donors (Lipinski definition) is 1. The van der Waals surface area contributed by atoms with E-state index in [2.05, 4.69) is 5.32 Å². The highest BCUT2D eigenvalue weighted by Crippen LogP contribution is 2.31. The first kappa shape index (κ1) is 37.5. The second-order valence-corrected chi connectivity index (χ2v) is 11.8. The van der Waals surface area contributed by atoms with Gasteiger partial charge in [0.1, 0.15) is 23.3 Å². The average molecular weight is 612 g/mol. The summed E-state index contributed by atoms with van der Waals surface area (Å²) in [6.45, 7) is 16.7. The summed E-state index contributed by atoms with van der Waals surface area (Å²) in [5, 5.41) is 3.03. The normalized spacial score (nSPS) is 13.0. The van der Waals surface area contributed by atoms with Gasteiger partial charge in [-0.1, -0.05) is 33.8 Å². The van der Waals surface area contributed by atoms with Gasteiger partial charge in [-0.15, -0.1) is 0 Å². The Labute approximate surface area is 255 Å². The summed E-state index contributed by atoms with van der Waals surface area (Å²) < 4.78 is 36.8. The van der Waals surface area contributed by atoms with E-state index in [9.17, 15) is 19.2 Å². The Balaban J connectivity index is 3.09. The molecule has 0 fully saturated rings. The van der Waals surface area contributed by atoms with Crippen molar-refractivity contribution < 1.29 is 52.3 Å². The number of esters is 1. The molecule has 43 heavy (non-hydrogen) atoms. The first-order chi connectivity index (χ1) is 20.0. The Morgan fingerprint density at radius 3 is 1.91 bits per heavy atom. The fraction of sp³-hybridized carbons (Fsp3) is 0.677. The molecule has 0 aliphatic rings. The molecule has 0 heterocycles. The Kier molecular flexibility index (Phi) is 15.3. The van der Waals surface area contributed by atoms with Crippen LogP contribution in [0.3, 0.4) is 0 Å². The number of methoxy groups -OCH3 is 1. The highest BCUT2D eigenvalue weighted by Gasteiger charge is 2.27. The number of nitrogens with one attached hydrogen (secondary N) is 1. The number of rotatable bonds is 16. The molecule has 12 heteroatoms. The van der Waals surface area contributed by atoms with Gasteiger partial charge >= 0.3 is 24.4 Å². The molecule has 0 bridgehead atoms. The third kappa shape index (κ3) is 15.0. The molecule has 0 aliphatic carbocycles. The zero-order valence-electron chi connectivity index (χ0n) is 27.2. The van der Waals surface area contributed by atoms with Crippen molar-refractivity contribution in [1.29, 1.82) is 0 Å². The molecule has 12 nitrogen and oxygen atoms in total. The minimum Gasteiger partial charge on any atom is -0.468 e. The Bertz CT molecular complexity index is 1070. The highest BCUT2D eigenvalue weighted by molar-refractivity contribution is 5.76. The highest BCUT2D eigenvalue weighted by atomic mass is 16.8. The van der Waals surface area contributed by atoms with Gasteiger partial charge in [-0.3, -0.25) is 4.79 Å². The van der Waals surface area contributed by atoms with Crippen LogP contribution in [0.2, 0.25) is 0 Å². The third-order valence-corrected chi connectivity index (χ3v) is 6.61. The van der Waals surface area contributed by atoms with Crippen molar-refractivity contribution in [3.05, 3.63) is 23.8 Å². The van der Waals surface area contributed by atoms with Crippen molar-refractivity contribution in [1.82, 2.24) is 5.32 Å². The minimum atomic E-state index is -0.995. The van der Waals surface area contributed by atoms with E-state index < -0.39 is 47.8 Å². The minimum absolute atomic E-state index is 0.0764. The van der Waals surface area contributed by atoms with Crippen LogP contribution in [0.1, 0.15) is 87.1 Å². The van der Waals surface area contributed by atoms with E-state index in [0.29, 0.717) is 30.7 Å². The SMILES string of the molecule is CCC(C)(C)OC(=O)Oc1ccc(C[C@H](NCC(C)OC(=O)OCCC(C)C)C(=O)OC)cc1OC(=O)OC(C)(C)CC. The molecule has 1 N–H and O–H groups in total. The van der Waals surface area contributed by atoms with Gasteiger partial charge in [0.2, 0.25) is 0 Å². The van der Waals surface area contributed by atoms with Crippen LogP contribution in [-0.4, -0.2) is 68.0 Å². The van der Waals surface area contributed by atoms with Gasteiger partial charge < -0.3 is 38.5 Å². The first-order valence-electron chi connectivity index (χ1n) is 14.6. The number of carbonyl (C=O) groups excluding carboxylic acids is 4. The molecular formula is C31H49NO11. The van der Waals surface area contributed by atoms with Crippen LogP contribution < -0.4 is 14.8 Å². The molecule has 0 amide bonds. The molecule has 2 atom stereocenters. The lowest BCUT2D eigenvalue weighted by atomic mass is 10.0. The van der Waals surface area contributed by atoms with Crippen molar-refractivity contribution in [2.75, 3.05) is 20.3 Å². The van der Waals surface area contributed by atoms with Gasteiger partial charge in [0, 0.05) is 6.54 Å². The molecule has 0 spiro atoms. The van der Waals surface area contributed by atoms with Crippen molar-refractivity contribution in [2.24, 2.45) is 5.92 Å². The topological polar surface area (TPSA) is 145 Å². The van der Waals surface area contributed by atoms with E-state index in [1.807, 2.05) is 27.7 Å². The quantitative estimate of drug-likeness (QED) is 0.126. The predicted molar refractivity (Wildman–Crippen MR) is 158 cm³/mol. The van der Waals surface area contributed by atoms with Gasteiger partial charge in [0.25, 0.3) is 0 Å². The lowest BCUT2D eigenvalue weighted by molar-refractivity contribution is -0.143. The number of carbonyl (C=O) groups is 4. The zero-order valence-corrected chi connectivity index (χ0v) is 27.2. The summed E-state index contributed by atoms with van der Waals surface area (Å²) in [6.07, 6.45) is -1.47. The molecule has 0 aromatic heterocycles. The maximum atomic E-state index is 12.6.